The summed E-state index contributed by atoms with van der Waals surface area (Å²) in [7, 11) is 0. The molecule has 9 heteroatoms. The van der Waals surface area contributed by atoms with Gasteiger partial charge in [0.15, 0.2) is 11.4 Å². The minimum Gasteiger partial charge on any atom is -0.504 e. The predicted octanol–water partition coefficient (Wildman–Crippen LogP) is 1.90. The summed E-state index contributed by atoms with van der Waals surface area (Å²) in [6.07, 6.45) is -5.09. The number of hydrogen-bond acceptors (Lipinski definition) is 5. The Morgan fingerprint density at radius 1 is 1.56 bits per heavy atom. The fraction of sp³-hybridized carbons (Fsp3) is 0.286. The van der Waals surface area contributed by atoms with Crippen molar-refractivity contribution in [2.45, 2.75) is 13.3 Å². The Bertz CT molecular complexity index is 432. The SMILES string of the molecule is Cc1nc([N+](=O)[O-])c(OC(F)(F)F)cc1O. The molecule has 1 N–H and O–H groups in total. The van der Waals surface area contributed by atoms with Gasteiger partial charge in [0, 0.05) is 13.0 Å². The zero-order valence-corrected chi connectivity index (χ0v) is 7.78. The van der Waals surface area contributed by atoms with E-state index in [0.29, 0.717) is 6.07 Å². The van der Waals surface area contributed by atoms with E-state index in [0.717, 1.165) is 0 Å². The highest BCUT2D eigenvalue weighted by Crippen LogP contribution is 2.34. The van der Waals surface area contributed by atoms with Gasteiger partial charge in [-0.25, -0.2) is 0 Å². The molecule has 0 aliphatic heterocycles. The van der Waals surface area contributed by atoms with Crippen molar-refractivity contribution < 1.29 is 27.9 Å². The van der Waals surface area contributed by atoms with Crippen LogP contribution in [-0.2, 0) is 0 Å². The first kappa shape index (κ1) is 12.0. The standard InChI is InChI=1S/C7H5F3N2O4/c1-3-4(13)2-5(16-7(8,9)10)6(11-3)12(14)15/h2,13H,1H3. The smallest absolute Gasteiger partial charge is 0.504 e. The summed E-state index contributed by atoms with van der Waals surface area (Å²) in [6, 6.07) is 0.494. The second-order valence-corrected chi connectivity index (χ2v) is 2.72. The molecule has 0 unspecified atom stereocenters. The van der Waals surface area contributed by atoms with Gasteiger partial charge in [-0.05, 0) is 9.91 Å². The second-order valence-electron chi connectivity index (χ2n) is 2.72. The molecule has 0 radical (unpaired) electrons. The number of nitrogens with zero attached hydrogens (tertiary/aromatic N) is 2. The van der Waals surface area contributed by atoms with Gasteiger partial charge in [-0.15, -0.1) is 13.2 Å². The van der Waals surface area contributed by atoms with E-state index in [-0.39, 0.29) is 5.69 Å². The third-order valence-corrected chi connectivity index (χ3v) is 1.53. The zero-order chi connectivity index (χ0) is 12.5. The van der Waals surface area contributed by atoms with Gasteiger partial charge in [0.2, 0.25) is 5.75 Å². The fourth-order valence-electron chi connectivity index (χ4n) is 0.895. The number of ether oxygens (including phenoxy) is 1. The van der Waals surface area contributed by atoms with E-state index < -0.39 is 28.6 Å². The molecule has 1 aromatic heterocycles. The van der Waals surface area contributed by atoms with Gasteiger partial charge in [0.1, 0.15) is 0 Å². The third-order valence-electron chi connectivity index (χ3n) is 1.53. The minimum absolute atomic E-state index is 0.166. The van der Waals surface area contributed by atoms with E-state index >= 15 is 0 Å². The Morgan fingerprint density at radius 2 is 2.12 bits per heavy atom. The molecule has 1 heterocycles. The van der Waals surface area contributed by atoms with E-state index in [1.54, 1.807) is 0 Å². The highest BCUT2D eigenvalue weighted by atomic mass is 19.4. The Hall–Kier alpha value is -2.06. The molecule has 1 aromatic rings. The van der Waals surface area contributed by atoms with Crippen LogP contribution in [0.3, 0.4) is 0 Å². The molecule has 0 amide bonds. The third kappa shape index (κ3) is 2.72. The number of aryl methyl sites for hydroxylation is 1. The molecule has 0 saturated carbocycles. The van der Waals surface area contributed by atoms with Gasteiger partial charge in [0.25, 0.3) is 0 Å². The van der Waals surface area contributed by atoms with Crippen molar-refractivity contribution in [3.05, 3.63) is 21.9 Å². The van der Waals surface area contributed by atoms with Crippen LogP contribution >= 0.6 is 0 Å². The highest BCUT2D eigenvalue weighted by Gasteiger charge is 2.35. The molecule has 0 aromatic carbocycles. The number of nitro groups is 1. The van der Waals surface area contributed by atoms with E-state index in [9.17, 15) is 23.3 Å². The van der Waals surface area contributed by atoms with Crippen molar-refractivity contribution >= 4 is 5.82 Å². The van der Waals surface area contributed by atoms with Crippen LogP contribution in [0.2, 0.25) is 0 Å². The lowest BCUT2D eigenvalue weighted by Gasteiger charge is -2.08. The Kier molecular flexibility index (Phi) is 2.88. The summed E-state index contributed by atoms with van der Waals surface area (Å²) in [5.74, 6) is -2.88. The van der Waals surface area contributed by atoms with E-state index in [1.807, 2.05) is 0 Å². The molecule has 0 atom stereocenters. The molecule has 0 spiro atoms. The average Bonchev–Trinajstić information content (AvgIpc) is 2.07. The molecule has 0 bridgehead atoms. The first-order valence-corrected chi connectivity index (χ1v) is 3.81. The number of aromatic hydroxyl groups is 1. The van der Waals surface area contributed by atoms with Crippen LogP contribution in [0.15, 0.2) is 6.07 Å². The number of alkyl halides is 3. The number of aromatic nitrogens is 1. The summed E-state index contributed by atoms with van der Waals surface area (Å²) < 4.78 is 39.0. The topological polar surface area (TPSA) is 85.5 Å². The second kappa shape index (κ2) is 3.83. The average molecular weight is 238 g/mol. The van der Waals surface area contributed by atoms with Crippen LogP contribution in [0.4, 0.5) is 19.0 Å². The summed E-state index contributed by atoms with van der Waals surface area (Å²) in [5.41, 5.74) is -0.166. The van der Waals surface area contributed by atoms with Crippen LogP contribution in [-0.4, -0.2) is 21.4 Å². The van der Waals surface area contributed by atoms with Gasteiger partial charge in [-0.3, -0.25) is 0 Å². The lowest BCUT2D eigenvalue weighted by atomic mass is 10.3. The number of hydrogen-bond donors (Lipinski definition) is 1. The van der Waals surface area contributed by atoms with Crippen LogP contribution in [0, 0.1) is 17.0 Å². The fourth-order valence-corrected chi connectivity index (χ4v) is 0.895. The Balaban J connectivity index is 3.25. The molecule has 88 valence electrons. The predicted molar refractivity (Wildman–Crippen MR) is 44.0 cm³/mol. The van der Waals surface area contributed by atoms with E-state index in [1.165, 1.54) is 6.92 Å². The molecule has 0 aliphatic carbocycles. The summed E-state index contributed by atoms with van der Waals surface area (Å²) >= 11 is 0. The van der Waals surface area contributed by atoms with Crippen molar-refractivity contribution in [3.8, 4) is 11.5 Å². The van der Waals surface area contributed by atoms with Crippen molar-refractivity contribution in [1.82, 2.24) is 4.98 Å². The quantitative estimate of drug-likeness (QED) is 0.628. The summed E-state index contributed by atoms with van der Waals surface area (Å²) in [4.78, 5) is 12.4. The zero-order valence-electron chi connectivity index (χ0n) is 7.78. The normalized spacial score (nSPS) is 11.2. The van der Waals surface area contributed by atoms with Gasteiger partial charge >= 0.3 is 12.2 Å². The molecule has 0 fully saturated rings. The maximum absolute atomic E-state index is 11.9. The maximum atomic E-state index is 11.9. The molecule has 0 aliphatic rings. The molecule has 1 rings (SSSR count). The molecule has 6 nitrogen and oxygen atoms in total. The summed E-state index contributed by atoms with van der Waals surface area (Å²) in [6.45, 7) is 1.21. The van der Waals surface area contributed by atoms with Crippen LogP contribution < -0.4 is 4.74 Å². The van der Waals surface area contributed by atoms with Gasteiger partial charge < -0.3 is 20.0 Å². The molecular weight excluding hydrogens is 233 g/mol. The summed E-state index contributed by atoms with van der Waals surface area (Å²) in [5, 5.41) is 19.5. The minimum atomic E-state index is -5.09. The highest BCUT2D eigenvalue weighted by molar-refractivity contribution is 5.46. The lowest BCUT2D eigenvalue weighted by molar-refractivity contribution is -0.393. The lowest BCUT2D eigenvalue weighted by Crippen LogP contribution is -2.18. The van der Waals surface area contributed by atoms with Crippen LogP contribution in [0.5, 0.6) is 11.5 Å². The van der Waals surface area contributed by atoms with E-state index in [2.05, 4.69) is 9.72 Å². The molecule has 16 heavy (non-hydrogen) atoms. The van der Waals surface area contributed by atoms with Crippen molar-refractivity contribution in [2.75, 3.05) is 0 Å². The Labute approximate surface area is 86.4 Å². The Morgan fingerprint density at radius 3 is 2.56 bits per heavy atom. The van der Waals surface area contributed by atoms with Crippen molar-refractivity contribution in [2.24, 2.45) is 0 Å². The maximum Gasteiger partial charge on any atom is 0.573 e. The molecule has 0 saturated heterocycles. The van der Waals surface area contributed by atoms with Gasteiger partial charge in [0.05, 0.1) is 0 Å². The van der Waals surface area contributed by atoms with Crippen LogP contribution in [0.1, 0.15) is 5.69 Å². The van der Waals surface area contributed by atoms with E-state index in [4.69, 9.17) is 5.11 Å². The van der Waals surface area contributed by atoms with Crippen LogP contribution in [0.25, 0.3) is 0 Å². The van der Waals surface area contributed by atoms with Crippen molar-refractivity contribution in [3.63, 3.8) is 0 Å². The number of rotatable bonds is 2. The van der Waals surface area contributed by atoms with Gasteiger partial charge in [-0.2, -0.15) is 0 Å². The van der Waals surface area contributed by atoms with Gasteiger partial charge in [-0.1, -0.05) is 0 Å². The monoisotopic (exact) mass is 238 g/mol. The number of halogens is 3. The number of pyridine rings is 1. The van der Waals surface area contributed by atoms with Crippen molar-refractivity contribution in [1.29, 1.82) is 0 Å². The first-order valence-electron chi connectivity index (χ1n) is 3.81. The first-order chi connectivity index (χ1) is 7.20. The largest absolute Gasteiger partial charge is 0.573 e. The molecular formula is C7H5F3N2O4.